The number of hydrogen-bond donors (Lipinski definition) is 2. The van der Waals surface area contributed by atoms with Crippen LogP contribution in [0.2, 0.25) is 0 Å². The van der Waals surface area contributed by atoms with Crippen molar-refractivity contribution in [1.82, 2.24) is 10.2 Å². The lowest BCUT2D eigenvalue weighted by atomic mass is 10.0. The zero-order chi connectivity index (χ0) is 14.5. The summed E-state index contributed by atoms with van der Waals surface area (Å²) < 4.78 is 0. The number of carbonyl (C=O) groups is 2. The Bertz CT molecular complexity index is 319. The molecule has 0 aromatic heterocycles. The molecule has 1 atom stereocenters. The van der Waals surface area contributed by atoms with Crippen LogP contribution in [-0.4, -0.2) is 40.1 Å². The molecule has 0 spiro atoms. The van der Waals surface area contributed by atoms with Crippen molar-refractivity contribution < 1.29 is 14.7 Å². The van der Waals surface area contributed by atoms with Crippen LogP contribution in [0, 0.1) is 5.92 Å². The summed E-state index contributed by atoms with van der Waals surface area (Å²) in [6, 6.07) is -1.27. The maximum Gasteiger partial charge on any atom is 0.326 e. The molecule has 0 aromatic carbocycles. The van der Waals surface area contributed by atoms with Gasteiger partial charge in [-0.15, -0.1) is 6.58 Å². The Morgan fingerprint density at radius 2 is 1.89 bits per heavy atom. The second kappa shape index (κ2) is 6.42. The molecular formula is C13H24N2O3. The molecule has 2 amide bonds. The van der Waals surface area contributed by atoms with E-state index in [2.05, 4.69) is 11.9 Å². The van der Waals surface area contributed by atoms with Crippen molar-refractivity contribution in [2.24, 2.45) is 5.92 Å². The van der Waals surface area contributed by atoms with Gasteiger partial charge in [-0.1, -0.05) is 19.9 Å². The summed E-state index contributed by atoms with van der Waals surface area (Å²) in [4.78, 5) is 24.7. The Morgan fingerprint density at radius 3 is 2.17 bits per heavy atom. The third-order valence-electron chi connectivity index (χ3n) is 2.58. The van der Waals surface area contributed by atoms with Gasteiger partial charge in [0.2, 0.25) is 0 Å². The minimum atomic E-state index is -1.02. The minimum Gasteiger partial charge on any atom is -0.480 e. The van der Waals surface area contributed by atoms with Crippen molar-refractivity contribution in [3.63, 3.8) is 0 Å². The molecule has 0 radical (unpaired) electrons. The number of aliphatic carboxylic acids is 1. The van der Waals surface area contributed by atoms with Crippen LogP contribution in [0.15, 0.2) is 12.7 Å². The molecule has 5 nitrogen and oxygen atoms in total. The van der Waals surface area contributed by atoms with E-state index >= 15 is 0 Å². The van der Waals surface area contributed by atoms with Gasteiger partial charge < -0.3 is 15.3 Å². The summed E-state index contributed by atoms with van der Waals surface area (Å²) in [7, 11) is 0. The van der Waals surface area contributed by atoms with Gasteiger partial charge in [-0.2, -0.15) is 0 Å². The van der Waals surface area contributed by atoms with Crippen molar-refractivity contribution in [1.29, 1.82) is 0 Å². The van der Waals surface area contributed by atoms with Crippen molar-refractivity contribution >= 4 is 12.0 Å². The van der Waals surface area contributed by atoms with E-state index in [-0.39, 0.29) is 11.9 Å². The molecule has 0 saturated heterocycles. The van der Waals surface area contributed by atoms with Gasteiger partial charge in [0, 0.05) is 12.1 Å². The lowest BCUT2D eigenvalue weighted by Crippen LogP contribution is -2.55. The van der Waals surface area contributed by atoms with Crippen LogP contribution < -0.4 is 5.32 Å². The number of urea groups is 1. The third-order valence-corrected chi connectivity index (χ3v) is 2.58. The minimum absolute atomic E-state index is 0.169. The van der Waals surface area contributed by atoms with Gasteiger partial charge >= 0.3 is 12.0 Å². The molecule has 18 heavy (non-hydrogen) atoms. The van der Waals surface area contributed by atoms with E-state index in [4.69, 9.17) is 5.11 Å². The summed E-state index contributed by atoms with van der Waals surface area (Å²) in [5.74, 6) is -1.19. The second-order valence-electron chi connectivity index (χ2n) is 5.58. The fourth-order valence-electron chi connectivity index (χ4n) is 1.52. The van der Waals surface area contributed by atoms with E-state index in [0.29, 0.717) is 6.54 Å². The Balaban J connectivity index is 4.89. The first-order valence-electron chi connectivity index (χ1n) is 6.03. The van der Waals surface area contributed by atoms with E-state index in [1.807, 2.05) is 20.8 Å². The quantitative estimate of drug-likeness (QED) is 0.740. The predicted octanol–water partition coefficient (Wildman–Crippen LogP) is 2.09. The van der Waals surface area contributed by atoms with Crippen LogP contribution in [0.3, 0.4) is 0 Å². The number of rotatable bonds is 5. The number of carboxylic acids is 1. The van der Waals surface area contributed by atoms with Crippen molar-refractivity contribution in [3.05, 3.63) is 12.7 Å². The van der Waals surface area contributed by atoms with Crippen LogP contribution in [0.4, 0.5) is 4.79 Å². The number of nitrogens with one attached hydrogen (secondary N) is 1. The number of nitrogens with zero attached hydrogens (tertiary/aromatic N) is 1. The molecule has 0 aliphatic carbocycles. The van der Waals surface area contributed by atoms with Gasteiger partial charge in [-0.05, 0) is 26.7 Å². The highest BCUT2D eigenvalue weighted by Gasteiger charge is 2.30. The highest BCUT2D eigenvalue weighted by Crippen LogP contribution is 2.14. The Hall–Kier alpha value is -1.52. The molecule has 0 bridgehead atoms. The van der Waals surface area contributed by atoms with Gasteiger partial charge in [-0.25, -0.2) is 9.59 Å². The van der Waals surface area contributed by atoms with Crippen LogP contribution >= 0.6 is 0 Å². The Kier molecular flexibility index (Phi) is 5.88. The highest BCUT2D eigenvalue weighted by atomic mass is 16.4. The molecule has 104 valence electrons. The number of amides is 2. The summed E-state index contributed by atoms with van der Waals surface area (Å²) in [6.07, 6.45) is 1.62. The van der Waals surface area contributed by atoms with E-state index in [9.17, 15) is 9.59 Å². The number of carbonyl (C=O) groups excluding carboxylic acids is 1. The van der Waals surface area contributed by atoms with Crippen LogP contribution in [0.25, 0.3) is 0 Å². The Labute approximate surface area is 109 Å². The first-order chi connectivity index (χ1) is 8.11. The predicted molar refractivity (Wildman–Crippen MR) is 71.4 cm³/mol. The van der Waals surface area contributed by atoms with Gasteiger partial charge in [0.15, 0.2) is 0 Å². The fourth-order valence-corrected chi connectivity index (χ4v) is 1.52. The molecular weight excluding hydrogens is 232 g/mol. The smallest absolute Gasteiger partial charge is 0.326 e. The third kappa shape index (κ3) is 4.77. The second-order valence-corrected chi connectivity index (χ2v) is 5.58. The molecule has 0 heterocycles. The summed E-state index contributed by atoms with van der Waals surface area (Å²) in [5.41, 5.74) is -0.391. The standard InChI is InChI=1S/C13H24N2O3/c1-7-8-15(13(4,5)6)12(18)14-10(9(2)3)11(16)17/h7,9-10H,1,8H2,2-6H3,(H,14,18)(H,16,17)/t10-/m1/s1. The molecule has 0 aromatic rings. The monoisotopic (exact) mass is 256 g/mol. The normalized spacial score (nSPS) is 13.0. The molecule has 0 unspecified atom stereocenters. The van der Waals surface area contributed by atoms with Crippen LogP contribution in [0.1, 0.15) is 34.6 Å². The lowest BCUT2D eigenvalue weighted by molar-refractivity contribution is -0.140. The highest BCUT2D eigenvalue weighted by molar-refractivity contribution is 5.83. The molecule has 0 rings (SSSR count). The molecule has 0 aliphatic rings. The van der Waals surface area contributed by atoms with Gasteiger partial charge in [0.05, 0.1) is 0 Å². The molecule has 5 heteroatoms. The SMILES string of the molecule is C=CCN(C(=O)N[C@@H](C(=O)O)C(C)C)C(C)(C)C. The molecule has 2 N–H and O–H groups in total. The van der Waals surface area contributed by atoms with E-state index in [0.717, 1.165) is 0 Å². The van der Waals surface area contributed by atoms with Gasteiger partial charge in [0.1, 0.15) is 6.04 Å². The first kappa shape index (κ1) is 16.5. The molecule has 0 saturated carbocycles. The van der Waals surface area contributed by atoms with Crippen molar-refractivity contribution in [2.45, 2.75) is 46.2 Å². The lowest BCUT2D eigenvalue weighted by Gasteiger charge is -2.36. The average molecular weight is 256 g/mol. The van der Waals surface area contributed by atoms with Crippen LogP contribution in [0.5, 0.6) is 0 Å². The molecule has 0 aliphatic heterocycles. The number of carboxylic acid groups (broad SMARTS) is 1. The summed E-state index contributed by atoms with van der Waals surface area (Å²) >= 11 is 0. The zero-order valence-corrected chi connectivity index (χ0v) is 11.9. The van der Waals surface area contributed by atoms with E-state index in [1.165, 1.54) is 0 Å². The van der Waals surface area contributed by atoms with E-state index < -0.39 is 17.6 Å². The van der Waals surface area contributed by atoms with E-state index in [1.54, 1.807) is 24.8 Å². The maximum atomic E-state index is 12.1. The van der Waals surface area contributed by atoms with Crippen molar-refractivity contribution in [2.75, 3.05) is 6.54 Å². The largest absolute Gasteiger partial charge is 0.480 e. The van der Waals surface area contributed by atoms with Crippen molar-refractivity contribution in [3.8, 4) is 0 Å². The topological polar surface area (TPSA) is 69.6 Å². The van der Waals surface area contributed by atoms with Gasteiger partial charge in [0.25, 0.3) is 0 Å². The zero-order valence-electron chi connectivity index (χ0n) is 11.9. The average Bonchev–Trinajstić information content (AvgIpc) is 2.19. The fraction of sp³-hybridized carbons (Fsp3) is 0.692. The molecule has 0 fully saturated rings. The Morgan fingerprint density at radius 1 is 1.39 bits per heavy atom. The summed E-state index contributed by atoms with van der Waals surface area (Å²) in [6.45, 7) is 13.2. The van der Waals surface area contributed by atoms with Gasteiger partial charge in [-0.3, -0.25) is 0 Å². The number of hydrogen-bond acceptors (Lipinski definition) is 2. The van der Waals surface area contributed by atoms with Crippen LogP contribution in [-0.2, 0) is 4.79 Å². The maximum absolute atomic E-state index is 12.1. The summed E-state index contributed by atoms with van der Waals surface area (Å²) in [5, 5.41) is 11.6. The first-order valence-corrected chi connectivity index (χ1v) is 6.03.